The summed E-state index contributed by atoms with van der Waals surface area (Å²) in [4.78, 5) is 13.4. The molecule has 0 saturated heterocycles. The molecule has 4 nitrogen and oxygen atoms in total. The third-order valence-electron chi connectivity index (χ3n) is 3.14. The van der Waals surface area contributed by atoms with E-state index in [1.165, 1.54) is 0 Å². The maximum absolute atomic E-state index is 12.3. The van der Waals surface area contributed by atoms with E-state index in [0.29, 0.717) is 11.5 Å². The third kappa shape index (κ3) is 3.13. The van der Waals surface area contributed by atoms with E-state index in [4.69, 9.17) is 9.47 Å². The molecule has 0 aromatic heterocycles. The highest BCUT2D eigenvalue weighted by molar-refractivity contribution is 7.98. The number of thioether (sulfide) groups is 1. The maximum Gasteiger partial charge on any atom is 0.269 e. The van der Waals surface area contributed by atoms with E-state index in [9.17, 15) is 4.79 Å². The predicted molar refractivity (Wildman–Crippen MR) is 83.2 cm³/mol. The largest absolute Gasteiger partial charge is 0.485 e. The summed E-state index contributed by atoms with van der Waals surface area (Å²) in [7, 11) is 0. The molecule has 0 saturated carbocycles. The van der Waals surface area contributed by atoms with Gasteiger partial charge in [-0.3, -0.25) is 4.79 Å². The van der Waals surface area contributed by atoms with Crippen LogP contribution in [0.5, 0.6) is 11.5 Å². The van der Waals surface area contributed by atoms with Crippen molar-refractivity contribution in [2.75, 3.05) is 18.2 Å². The van der Waals surface area contributed by atoms with Gasteiger partial charge in [0.15, 0.2) is 11.5 Å². The molecule has 108 valence electrons. The fourth-order valence-electron chi connectivity index (χ4n) is 2.07. The number of para-hydroxylation sites is 2. The predicted octanol–water partition coefficient (Wildman–Crippen LogP) is 3.19. The molecule has 5 heteroatoms. The molecule has 1 aliphatic heterocycles. The molecule has 1 atom stereocenters. The van der Waals surface area contributed by atoms with E-state index in [-0.39, 0.29) is 12.5 Å². The number of ether oxygens (including phenoxy) is 2. The molecule has 3 rings (SSSR count). The Labute approximate surface area is 127 Å². The van der Waals surface area contributed by atoms with Crippen molar-refractivity contribution in [3.05, 3.63) is 48.5 Å². The Morgan fingerprint density at radius 3 is 2.81 bits per heavy atom. The van der Waals surface area contributed by atoms with Gasteiger partial charge < -0.3 is 14.8 Å². The summed E-state index contributed by atoms with van der Waals surface area (Å²) in [6.07, 6.45) is 1.36. The summed E-state index contributed by atoms with van der Waals surface area (Å²) in [5, 5.41) is 2.86. The van der Waals surface area contributed by atoms with Crippen LogP contribution in [0.1, 0.15) is 0 Å². The first-order chi connectivity index (χ1) is 10.3. The van der Waals surface area contributed by atoms with Crippen molar-refractivity contribution in [3.63, 3.8) is 0 Å². The minimum absolute atomic E-state index is 0.206. The summed E-state index contributed by atoms with van der Waals surface area (Å²) >= 11 is 1.63. The molecule has 0 spiro atoms. The van der Waals surface area contributed by atoms with Gasteiger partial charge in [-0.1, -0.05) is 18.2 Å². The van der Waals surface area contributed by atoms with Gasteiger partial charge in [-0.2, -0.15) is 0 Å². The smallest absolute Gasteiger partial charge is 0.269 e. The van der Waals surface area contributed by atoms with Crippen LogP contribution in [0.4, 0.5) is 5.69 Å². The minimum atomic E-state index is -0.641. The lowest BCUT2D eigenvalue weighted by atomic mass is 10.2. The molecule has 0 radical (unpaired) electrons. The fourth-order valence-corrected chi connectivity index (χ4v) is 2.53. The Balaban J connectivity index is 1.69. The van der Waals surface area contributed by atoms with Crippen molar-refractivity contribution < 1.29 is 14.3 Å². The number of benzene rings is 2. The summed E-state index contributed by atoms with van der Waals surface area (Å²) in [6, 6.07) is 15.0. The van der Waals surface area contributed by atoms with Crippen LogP contribution in [0.15, 0.2) is 53.4 Å². The van der Waals surface area contributed by atoms with E-state index in [0.717, 1.165) is 10.6 Å². The zero-order chi connectivity index (χ0) is 14.7. The van der Waals surface area contributed by atoms with Gasteiger partial charge in [0.2, 0.25) is 6.10 Å². The molecule has 21 heavy (non-hydrogen) atoms. The molecule has 0 fully saturated rings. The van der Waals surface area contributed by atoms with Crippen LogP contribution in [0.3, 0.4) is 0 Å². The van der Waals surface area contributed by atoms with Gasteiger partial charge in [0.05, 0.1) is 0 Å². The Morgan fingerprint density at radius 1 is 1.19 bits per heavy atom. The van der Waals surface area contributed by atoms with E-state index in [1.54, 1.807) is 17.8 Å². The van der Waals surface area contributed by atoms with E-state index in [1.807, 2.05) is 48.7 Å². The third-order valence-corrected chi connectivity index (χ3v) is 3.86. The number of hydrogen-bond donors (Lipinski definition) is 1. The number of anilines is 1. The maximum atomic E-state index is 12.3. The number of rotatable bonds is 3. The average molecular weight is 301 g/mol. The van der Waals surface area contributed by atoms with E-state index < -0.39 is 6.10 Å². The van der Waals surface area contributed by atoms with Crippen LogP contribution in [0.2, 0.25) is 0 Å². The topological polar surface area (TPSA) is 47.6 Å². The van der Waals surface area contributed by atoms with Gasteiger partial charge in [0, 0.05) is 10.6 Å². The van der Waals surface area contributed by atoms with Crippen molar-refractivity contribution in [3.8, 4) is 11.5 Å². The first-order valence-corrected chi connectivity index (χ1v) is 7.82. The van der Waals surface area contributed by atoms with Crippen molar-refractivity contribution in [2.45, 2.75) is 11.0 Å². The highest BCUT2D eigenvalue weighted by atomic mass is 32.2. The fraction of sp³-hybridized carbons (Fsp3) is 0.188. The summed E-state index contributed by atoms with van der Waals surface area (Å²) in [5.41, 5.74) is 0.759. The van der Waals surface area contributed by atoms with E-state index >= 15 is 0 Å². The quantitative estimate of drug-likeness (QED) is 0.885. The number of carbonyl (C=O) groups is 1. The number of amides is 1. The lowest BCUT2D eigenvalue weighted by Crippen LogP contribution is -2.40. The average Bonchev–Trinajstić information content (AvgIpc) is 2.54. The van der Waals surface area contributed by atoms with Gasteiger partial charge in [-0.15, -0.1) is 11.8 Å². The number of hydrogen-bond acceptors (Lipinski definition) is 4. The van der Waals surface area contributed by atoms with Gasteiger partial charge in [-0.05, 0) is 36.6 Å². The number of fused-ring (bicyclic) bond motifs is 1. The standard InChI is InChI=1S/C16H15NO3S/c1-21-12-6-4-5-11(9-12)17-16(18)15-10-19-13-7-2-3-8-14(13)20-15/h2-9,15H,10H2,1H3,(H,17,18)/t15-/m0/s1. The van der Waals surface area contributed by atoms with Crippen molar-refractivity contribution in [1.29, 1.82) is 0 Å². The molecular weight excluding hydrogens is 286 g/mol. The van der Waals surface area contributed by atoms with Crippen LogP contribution in [-0.4, -0.2) is 24.9 Å². The number of carbonyl (C=O) groups excluding carboxylic acids is 1. The Kier molecular flexibility index (Phi) is 4.01. The number of nitrogens with one attached hydrogen (secondary N) is 1. The first-order valence-electron chi connectivity index (χ1n) is 6.59. The minimum Gasteiger partial charge on any atom is -0.485 e. The highest BCUT2D eigenvalue weighted by Gasteiger charge is 2.27. The highest BCUT2D eigenvalue weighted by Crippen LogP contribution is 2.31. The lowest BCUT2D eigenvalue weighted by Gasteiger charge is -2.25. The molecular formula is C16H15NO3S. The van der Waals surface area contributed by atoms with Gasteiger partial charge in [0.1, 0.15) is 6.61 Å². The first kappa shape index (κ1) is 13.8. The monoisotopic (exact) mass is 301 g/mol. The van der Waals surface area contributed by atoms with Crippen LogP contribution in [0.25, 0.3) is 0 Å². The zero-order valence-electron chi connectivity index (χ0n) is 11.5. The van der Waals surface area contributed by atoms with Crippen LogP contribution < -0.4 is 14.8 Å². The molecule has 0 unspecified atom stereocenters. The van der Waals surface area contributed by atoms with Crippen molar-refractivity contribution >= 4 is 23.4 Å². The molecule has 1 heterocycles. The van der Waals surface area contributed by atoms with Crippen molar-refractivity contribution in [2.24, 2.45) is 0 Å². The van der Waals surface area contributed by atoms with Crippen molar-refractivity contribution in [1.82, 2.24) is 0 Å². The second-order valence-electron chi connectivity index (χ2n) is 4.59. The Morgan fingerprint density at radius 2 is 2.00 bits per heavy atom. The van der Waals surface area contributed by atoms with Gasteiger partial charge >= 0.3 is 0 Å². The summed E-state index contributed by atoms with van der Waals surface area (Å²) in [5.74, 6) is 1.07. The van der Waals surface area contributed by atoms with Gasteiger partial charge in [0.25, 0.3) is 5.91 Å². The van der Waals surface area contributed by atoms with Crippen LogP contribution >= 0.6 is 11.8 Å². The second kappa shape index (κ2) is 6.10. The SMILES string of the molecule is CSc1cccc(NC(=O)[C@@H]2COc3ccccc3O2)c1. The lowest BCUT2D eigenvalue weighted by molar-refractivity contribution is -0.125. The van der Waals surface area contributed by atoms with Gasteiger partial charge in [-0.25, -0.2) is 0 Å². The molecule has 0 aliphatic carbocycles. The Bertz CT molecular complexity index is 659. The zero-order valence-corrected chi connectivity index (χ0v) is 12.4. The second-order valence-corrected chi connectivity index (χ2v) is 5.47. The normalized spacial score (nSPS) is 16.3. The molecule has 1 N–H and O–H groups in total. The summed E-state index contributed by atoms with van der Waals surface area (Å²) < 4.78 is 11.2. The van der Waals surface area contributed by atoms with Crippen LogP contribution in [0, 0.1) is 0 Å². The Hall–Kier alpha value is -2.14. The van der Waals surface area contributed by atoms with Crippen LogP contribution in [-0.2, 0) is 4.79 Å². The molecule has 2 aromatic carbocycles. The summed E-state index contributed by atoms with van der Waals surface area (Å²) in [6.45, 7) is 0.213. The molecule has 2 aromatic rings. The molecule has 1 aliphatic rings. The van der Waals surface area contributed by atoms with E-state index in [2.05, 4.69) is 5.32 Å². The molecule has 0 bridgehead atoms. The molecule has 1 amide bonds.